The van der Waals surface area contributed by atoms with Gasteiger partial charge in [-0.1, -0.05) is 41.6 Å². The lowest BCUT2D eigenvalue weighted by Crippen LogP contribution is -2.19. The number of aromatic nitrogens is 3. The highest BCUT2D eigenvalue weighted by atomic mass is 32.2. The molecule has 0 saturated heterocycles. The molecule has 0 aliphatic heterocycles. The van der Waals surface area contributed by atoms with Crippen LogP contribution in [0.4, 0.5) is 5.00 Å². The molecule has 3 N–H and O–H groups in total. The van der Waals surface area contributed by atoms with Gasteiger partial charge in [-0.3, -0.25) is 14.0 Å². The lowest BCUT2D eigenvalue weighted by Gasteiger charge is -2.06. The molecule has 0 unspecified atom stereocenters. The number of amides is 2. The van der Waals surface area contributed by atoms with Gasteiger partial charge >= 0.3 is 0 Å². The first-order valence-corrected chi connectivity index (χ1v) is 12.5. The molecule has 1 aromatic carbocycles. The van der Waals surface area contributed by atoms with Gasteiger partial charge in [-0.2, -0.15) is 0 Å². The molecule has 0 saturated carbocycles. The second-order valence-electron chi connectivity index (χ2n) is 7.35. The van der Waals surface area contributed by atoms with Gasteiger partial charge in [0.15, 0.2) is 5.16 Å². The monoisotopic (exact) mass is 469 g/mol. The van der Waals surface area contributed by atoms with Crippen molar-refractivity contribution < 1.29 is 9.59 Å². The third-order valence-corrected chi connectivity index (χ3v) is 8.17. The Kier molecular flexibility index (Phi) is 5.28. The van der Waals surface area contributed by atoms with Gasteiger partial charge < -0.3 is 11.1 Å². The summed E-state index contributed by atoms with van der Waals surface area (Å²) in [5.41, 5.74) is 10.3. The van der Waals surface area contributed by atoms with E-state index in [1.807, 2.05) is 9.78 Å². The summed E-state index contributed by atoms with van der Waals surface area (Å²) in [6, 6.07) is 8.27. The fourth-order valence-electron chi connectivity index (χ4n) is 3.76. The second-order valence-corrected chi connectivity index (χ2v) is 10.2. The number of aryl methyl sites for hydroxylation is 2. The summed E-state index contributed by atoms with van der Waals surface area (Å²) in [5.74, 6) is -0.524. The van der Waals surface area contributed by atoms with E-state index in [1.54, 1.807) is 0 Å². The Hall–Kier alpha value is -2.69. The Labute approximate surface area is 190 Å². The summed E-state index contributed by atoms with van der Waals surface area (Å²) in [7, 11) is 0. The molecular weight excluding hydrogens is 450 g/mol. The number of carbonyl (C=O) groups is 2. The highest BCUT2D eigenvalue weighted by molar-refractivity contribution is 7.99. The number of primary amides is 1. The Balaban J connectivity index is 1.34. The maximum Gasteiger partial charge on any atom is 0.251 e. The van der Waals surface area contributed by atoms with Crippen LogP contribution in [0.3, 0.4) is 0 Å². The molecule has 2 amide bonds. The van der Waals surface area contributed by atoms with Crippen LogP contribution < -0.4 is 11.1 Å². The Morgan fingerprint density at radius 1 is 1.23 bits per heavy atom. The first kappa shape index (κ1) is 20.2. The van der Waals surface area contributed by atoms with Crippen molar-refractivity contribution in [2.24, 2.45) is 5.73 Å². The van der Waals surface area contributed by atoms with E-state index < -0.39 is 5.91 Å². The predicted molar refractivity (Wildman–Crippen MR) is 125 cm³/mol. The number of fused-ring (bicyclic) bond motifs is 2. The van der Waals surface area contributed by atoms with E-state index in [4.69, 9.17) is 5.73 Å². The average molecular weight is 470 g/mol. The van der Waals surface area contributed by atoms with Gasteiger partial charge in [-0.15, -0.1) is 32.9 Å². The van der Waals surface area contributed by atoms with Crippen LogP contribution >= 0.6 is 34.4 Å². The van der Waals surface area contributed by atoms with Gasteiger partial charge in [0.2, 0.25) is 10.9 Å². The van der Waals surface area contributed by atoms with Crippen molar-refractivity contribution in [3.63, 3.8) is 0 Å². The molecule has 0 atom stereocenters. The maximum absolute atomic E-state index is 12.6. The number of nitrogens with two attached hydrogens (primary N) is 1. The zero-order valence-corrected chi connectivity index (χ0v) is 19.1. The standard InChI is InChI=1S/C21H19N5O2S3/c1-11-5-7-12(8-6-11)14-9-29-20-24-25-21(26(14)20)30-10-16(27)23-19-17(18(22)28)13-3-2-4-15(13)31-19/h5-9H,2-4,10H2,1H3,(H2,22,28)(H,23,27). The minimum Gasteiger partial charge on any atom is -0.365 e. The molecule has 4 aromatic rings. The Morgan fingerprint density at radius 2 is 2.03 bits per heavy atom. The largest absolute Gasteiger partial charge is 0.365 e. The molecular formula is C21H19N5O2S3. The summed E-state index contributed by atoms with van der Waals surface area (Å²) in [6.45, 7) is 2.05. The van der Waals surface area contributed by atoms with Gasteiger partial charge in [0.05, 0.1) is 17.0 Å². The summed E-state index contributed by atoms with van der Waals surface area (Å²) >= 11 is 4.29. The number of carbonyl (C=O) groups excluding carboxylic acids is 2. The van der Waals surface area contributed by atoms with E-state index in [0.717, 1.165) is 45.9 Å². The van der Waals surface area contributed by atoms with Gasteiger partial charge in [-0.05, 0) is 37.3 Å². The fourth-order valence-corrected chi connectivity index (χ4v) is 6.71. The van der Waals surface area contributed by atoms with Crippen LogP contribution in [0.5, 0.6) is 0 Å². The van der Waals surface area contributed by atoms with Crippen LogP contribution in [0.1, 0.15) is 32.8 Å². The zero-order valence-electron chi connectivity index (χ0n) is 16.7. The van der Waals surface area contributed by atoms with E-state index in [2.05, 4.69) is 46.7 Å². The first-order chi connectivity index (χ1) is 15.0. The number of hydrogen-bond donors (Lipinski definition) is 2. The number of thiazole rings is 1. The predicted octanol–water partition coefficient (Wildman–Crippen LogP) is 4.15. The third-order valence-electron chi connectivity index (χ3n) is 5.22. The van der Waals surface area contributed by atoms with Crippen LogP contribution in [0, 0.1) is 6.92 Å². The van der Waals surface area contributed by atoms with Crippen LogP contribution in [0.2, 0.25) is 0 Å². The van der Waals surface area contributed by atoms with E-state index in [0.29, 0.717) is 15.7 Å². The topological polar surface area (TPSA) is 102 Å². The van der Waals surface area contributed by atoms with Crippen molar-refractivity contribution in [1.82, 2.24) is 14.6 Å². The smallest absolute Gasteiger partial charge is 0.251 e. The number of benzene rings is 1. The molecule has 1 aliphatic rings. The summed E-state index contributed by atoms with van der Waals surface area (Å²) in [4.78, 5) is 26.5. The maximum atomic E-state index is 12.6. The van der Waals surface area contributed by atoms with E-state index in [9.17, 15) is 9.59 Å². The second kappa shape index (κ2) is 8.10. The highest BCUT2D eigenvalue weighted by Gasteiger charge is 2.26. The molecule has 0 fully saturated rings. The quantitative estimate of drug-likeness (QED) is 0.413. The summed E-state index contributed by atoms with van der Waals surface area (Å²) in [5, 5.41) is 14.6. The number of rotatable bonds is 6. The number of anilines is 1. The van der Waals surface area contributed by atoms with Crippen molar-refractivity contribution in [2.45, 2.75) is 31.3 Å². The first-order valence-electron chi connectivity index (χ1n) is 9.78. The average Bonchev–Trinajstić information content (AvgIpc) is 3.48. The molecule has 5 rings (SSSR count). The van der Waals surface area contributed by atoms with Gasteiger partial charge in [-0.25, -0.2) is 0 Å². The summed E-state index contributed by atoms with van der Waals surface area (Å²) in [6.07, 6.45) is 2.80. The number of nitrogens with one attached hydrogen (secondary N) is 1. The van der Waals surface area contributed by atoms with E-state index in [1.165, 1.54) is 40.0 Å². The van der Waals surface area contributed by atoms with Gasteiger partial charge in [0, 0.05) is 10.3 Å². The van der Waals surface area contributed by atoms with E-state index >= 15 is 0 Å². The Morgan fingerprint density at radius 3 is 2.81 bits per heavy atom. The lowest BCUT2D eigenvalue weighted by atomic mass is 10.1. The van der Waals surface area contributed by atoms with Crippen LogP contribution in [0.25, 0.3) is 16.2 Å². The van der Waals surface area contributed by atoms with Crippen molar-refractivity contribution in [2.75, 3.05) is 11.1 Å². The number of thioether (sulfide) groups is 1. The van der Waals surface area contributed by atoms with Crippen LogP contribution in [-0.4, -0.2) is 32.2 Å². The molecule has 0 radical (unpaired) electrons. The van der Waals surface area contributed by atoms with Crippen LogP contribution in [-0.2, 0) is 17.6 Å². The molecule has 158 valence electrons. The molecule has 0 bridgehead atoms. The van der Waals surface area contributed by atoms with Gasteiger partial charge in [0.1, 0.15) is 5.00 Å². The van der Waals surface area contributed by atoms with Crippen molar-refractivity contribution in [3.8, 4) is 11.3 Å². The van der Waals surface area contributed by atoms with Gasteiger partial charge in [0.25, 0.3) is 5.91 Å². The molecule has 31 heavy (non-hydrogen) atoms. The normalized spacial score (nSPS) is 12.9. The number of nitrogens with zero attached hydrogens (tertiary/aromatic N) is 3. The molecule has 3 heterocycles. The molecule has 1 aliphatic carbocycles. The fraction of sp³-hybridized carbons (Fsp3) is 0.238. The van der Waals surface area contributed by atoms with Crippen molar-refractivity contribution >= 4 is 56.2 Å². The SMILES string of the molecule is Cc1ccc(-c2csc3nnc(SCC(=O)Nc4sc5c(c4C(N)=O)CCC5)n23)cc1. The van der Waals surface area contributed by atoms with E-state index in [-0.39, 0.29) is 11.7 Å². The lowest BCUT2D eigenvalue weighted by molar-refractivity contribution is -0.113. The third kappa shape index (κ3) is 3.75. The minimum absolute atomic E-state index is 0.157. The Bertz CT molecular complexity index is 1300. The minimum atomic E-state index is -0.484. The molecule has 3 aromatic heterocycles. The highest BCUT2D eigenvalue weighted by Crippen LogP contribution is 2.39. The molecule has 7 nitrogen and oxygen atoms in total. The van der Waals surface area contributed by atoms with Crippen molar-refractivity contribution in [1.29, 1.82) is 0 Å². The van der Waals surface area contributed by atoms with Crippen LogP contribution in [0.15, 0.2) is 34.8 Å². The molecule has 10 heteroatoms. The number of hydrogen-bond acceptors (Lipinski definition) is 7. The van der Waals surface area contributed by atoms with Crippen molar-refractivity contribution in [3.05, 3.63) is 51.2 Å². The molecule has 0 spiro atoms. The zero-order chi connectivity index (χ0) is 21.5. The number of thiophene rings is 1. The summed E-state index contributed by atoms with van der Waals surface area (Å²) < 4.78 is 1.97.